The van der Waals surface area contributed by atoms with Gasteiger partial charge in [0.25, 0.3) is 0 Å². The molecule has 0 unspecified atom stereocenters. The molecule has 5 heteroatoms. The molecular weight excluding hydrogens is 270 g/mol. The predicted octanol–water partition coefficient (Wildman–Crippen LogP) is 2.41. The van der Waals surface area contributed by atoms with Crippen molar-refractivity contribution in [1.29, 1.82) is 0 Å². The molecule has 0 fully saturated rings. The Morgan fingerprint density at radius 3 is 2.81 bits per heavy atom. The zero-order chi connectivity index (χ0) is 11.5. The first-order valence-electron chi connectivity index (χ1n) is 4.87. The van der Waals surface area contributed by atoms with Gasteiger partial charge in [-0.2, -0.15) is 0 Å². The highest BCUT2D eigenvalue weighted by Gasteiger charge is 2.04. The van der Waals surface area contributed by atoms with Gasteiger partial charge in [0.1, 0.15) is 5.82 Å². The monoisotopic (exact) mass is 281 g/mol. The molecule has 0 aliphatic heterocycles. The topological polar surface area (TPSA) is 39.9 Å². The van der Waals surface area contributed by atoms with Crippen molar-refractivity contribution < 1.29 is 4.74 Å². The van der Waals surface area contributed by atoms with Crippen molar-refractivity contribution in [2.75, 3.05) is 7.11 Å². The second-order valence-corrected chi connectivity index (χ2v) is 4.29. The Hall–Kier alpha value is -1.36. The first-order valence-corrected chi connectivity index (χ1v) is 5.66. The summed E-state index contributed by atoms with van der Waals surface area (Å²) in [5, 5.41) is 0. The van der Waals surface area contributed by atoms with Gasteiger partial charge in [-0.3, -0.25) is 0 Å². The maximum atomic E-state index is 5.08. The van der Waals surface area contributed by atoms with Crippen molar-refractivity contribution in [1.82, 2.24) is 14.5 Å². The summed E-state index contributed by atoms with van der Waals surface area (Å²) in [5.74, 6) is 1.60. The molecule has 2 heterocycles. The number of nitrogens with zero attached hydrogens (tertiary/aromatic N) is 3. The summed E-state index contributed by atoms with van der Waals surface area (Å²) in [6.45, 7) is 2.74. The second-order valence-electron chi connectivity index (χ2n) is 3.44. The van der Waals surface area contributed by atoms with Crippen molar-refractivity contribution in [3.63, 3.8) is 0 Å². The third-order valence-corrected chi connectivity index (χ3v) is 2.90. The molecule has 0 aliphatic carbocycles. The van der Waals surface area contributed by atoms with Crippen LogP contribution in [0.15, 0.2) is 29.1 Å². The standard InChI is InChI=1S/C11H12BrN3O/c1-8-13-3-4-15(8)7-9-5-10(12)11(16-2)14-6-9/h3-6H,7H2,1-2H3. The molecule has 0 N–H and O–H groups in total. The van der Waals surface area contributed by atoms with Gasteiger partial charge >= 0.3 is 0 Å². The van der Waals surface area contributed by atoms with Crippen LogP contribution >= 0.6 is 15.9 Å². The Morgan fingerprint density at radius 2 is 2.25 bits per heavy atom. The average Bonchev–Trinajstić information content (AvgIpc) is 2.65. The molecule has 0 saturated heterocycles. The Kier molecular flexibility index (Phi) is 3.24. The Bertz CT molecular complexity index is 496. The quantitative estimate of drug-likeness (QED) is 0.868. The molecule has 0 radical (unpaired) electrons. The molecule has 2 rings (SSSR count). The van der Waals surface area contributed by atoms with Crippen LogP contribution in [-0.2, 0) is 6.54 Å². The van der Waals surface area contributed by atoms with Crippen LogP contribution in [0.4, 0.5) is 0 Å². The van der Waals surface area contributed by atoms with Crippen LogP contribution < -0.4 is 4.74 Å². The number of ether oxygens (including phenoxy) is 1. The van der Waals surface area contributed by atoms with Crippen molar-refractivity contribution in [2.45, 2.75) is 13.5 Å². The fraction of sp³-hybridized carbons (Fsp3) is 0.273. The molecule has 0 aromatic carbocycles. The van der Waals surface area contributed by atoms with Gasteiger partial charge in [0.15, 0.2) is 0 Å². The molecule has 16 heavy (non-hydrogen) atoms. The predicted molar refractivity (Wildman–Crippen MR) is 64.6 cm³/mol. The van der Waals surface area contributed by atoms with E-state index in [1.165, 1.54) is 0 Å². The lowest BCUT2D eigenvalue weighted by Gasteiger charge is -2.07. The summed E-state index contributed by atoms with van der Waals surface area (Å²) < 4.78 is 8.01. The molecule has 4 nitrogen and oxygen atoms in total. The van der Waals surface area contributed by atoms with Crippen LogP contribution in [0.1, 0.15) is 11.4 Å². The number of hydrogen-bond acceptors (Lipinski definition) is 3. The van der Waals surface area contributed by atoms with Gasteiger partial charge < -0.3 is 9.30 Å². The van der Waals surface area contributed by atoms with Gasteiger partial charge in [-0.1, -0.05) is 0 Å². The van der Waals surface area contributed by atoms with Crippen LogP contribution in [-0.4, -0.2) is 21.6 Å². The van der Waals surface area contributed by atoms with Crippen molar-refractivity contribution in [3.8, 4) is 5.88 Å². The number of pyridine rings is 1. The zero-order valence-corrected chi connectivity index (χ0v) is 10.7. The SMILES string of the molecule is COc1ncc(Cn2ccnc2C)cc1Br. The number of methoxy groups -OCH3 is 1. The molecule has 0 atom stereocenters. The van der Waals surface area contributed by atoms with Gasteiger partial charge in [0.05, 0.1) is 18.1 Å². The Morgan fingerprint density at radius 1 is 1.44 bits per heavy atom. The highest BCUT2D eigenvalue weighted by molar-refractivity contribution is 9.10. The third kappa shape index (κ3) is 2.24. The van der Waals surface area contributed by atoms with Gasteiger partial charge in [0, 0.05) is 18.6 Å². The summed E-state index contributed by atoms with van der Waals surface area (Å²) in [6.07, 6.45) is 5.55. The first-order chi connectivity index (χ1) is 7.70. The van der Waals surface area contributed by atoms with E-state index in [2.05, 4.69) is 30.5 Å². The maximum Gasteiger partial charge on any atom is 0.227 e. The van der Waals surface area contributed by atoms with E-state index < -0.39 is 0 Å². The third-order valence-electron chi connectivity index (χ3n) is 2.33. The van der Waals surface area contributed by atoms with Crippen molar-refractivity contribution in [2.24, 2.45) is 0 Å². The highest BCUT2D eigenvalue weighted by Crippen LogP contribution is 2.22. The molecule has 0 amide bonds. The van der Waals surface area contributed by atoms with Gasteiger partial charge in [0.2, 0.25) is 5.88 Å². The minimum atomic E-state index is 0.603. The maximum absolute atomic E-state index is 5.08. The molecular formula is C11H12BrN3O. The summed E-state index contributed by atoms with van der Waals surface area (Å²) in [4.78, 5) is 8.38. The lowest BCUT2D eigenvalue weighted by Crippen LogP contribution is -2.01. The van der Waals surface area contributed by atoms with Crippen LogP contribution in [0.3, 0.4) is 0 Å². The van der Waals surface area contributed by atoms with Crippen LogP contribution in [0.5, 0.6) is 5.88 Å². The van der Waals surface area contributed by atoms with Gasteiger partial charge in [-0.05, 0) is 34.5 Å². The number of halogens is 1. The molecule has 0 saturated carbocycles. The number of hydrogen-bond donors (Lipinski definition) is 0. The van der Waals surface area contributed by atoms with Crippen LogP contribution in [0.25, 0.3) is 0 Å². The zero-order valence-electron chi connectivity index (χ0n) is 9.14. The van der Waals surface area contributed by atoms with E-state index >= 15 is 0 Å². The van der Waals surface area contributed by atoms with E-state index in [4.69, 9.17) is 4.74 Å². The summed E-state index contributed by atoms with van der Waals surface area (Å²) in [7, 11) is 1.60. The molecule has 0 bridgehead atoms. The van der Waals surface area contributed by atoms with E-state index in [9.17, 15) is 0 Å². The van der Waals surface area contributed by atoms with Gasteiger partial charge in [-0.25, -0.2) is 9.97 Å². The summed E-state index contributed by atoms with van der Waals surface area (Å²) >= 11 is 3.42. The fourth-order valence-electron chi connectivity index (χ4n) is 1.47. The fourth-order valence-corrected chi connectivity index (χ4v) is 2.03. The minimum absolute atomic E-state index is 0.603. The average molecular weight is 282 g/mol. The number of aryl methyl sites for hydroxylation is 1. The van der Waals surface area contributed by atoms with E-state index in [-0.39, 0.29) is 0 Å². The largest absolute Gasteiger partial charge is 0.480 e. The summed E-state index contributed by atoms with van der Waals surface area (Å²) in [5.41, 5.74) is 1.11. The molecule has 0 aliphatic rings. The molecule has 2 aromatic heterocycles. The summed E-state index contributed by atoms with van der Waals surface area (Å²) in [6, 6.07) is 2.01. The number of rotatable bonds is 3. The smallest absolute Gasteiger partial charge is 0.227 e. The van der Waals surface area contributed by atoms with E-state index in [0.717, 1.165) is 22.4 Å². The van der Waals surface area contributed by atoms with E-state index in [1.54, 1.807) is 13.3 Å². The minimum Gasteiger partial charge on any atom is -0.480 e. The lowest BCUT2D eigenvalue weighted by atomic mass is 10.3. The Labute approximate surface area is 102 Å². The van der Waals surface area contributed by atoms with Crippen molar-refractivity contribution >= 4 is 15.9 Å². The van der Waals surface area contributed by atoms with E-state index in [0.29, 0.717) is 5.88 Å². The second kappa shape index (κ2) is 4.65. The van der Waals surface area contributed by atoms with Crippen LogP contribution in [0.2, 0.25) is 0 Å². The number of imidazole rings is 1. The highest BCUT2D eigenvalue weighted by atomic mass is 79.9. The van der Waals surface area contributed by atoms with E-state index in [1.807, 2.05) is 25.4 Å². The van der Waals surface area contributed by atoms with Crippen molar-refractivity contribution in [3.05, 3.63) is 40.5 Å². The first kappa shape index (κ1) is 11.1. The number of aromatic nitrogens is 3. The normalized spacial score (nSPS) is 10.4. The van der Waals surface area contributed by atoms with Gasteiger partial charge in [-0.15, -0.1) is 0 Å². The van der Waals surface area contributed by atoms with Crippen LogP contribution in [0, 0.1) is 6.92 Å². The molecule has 2 aromatic rings. The lowest BCUT2D eigenvalue weighted by molar-refractivity contribution is 0.394. The molecule has 0 spiro atoms. The molecule has 84 valence electrons. The Balaban J connectivity index is 2.23.